The van der Waals surface area contributed by atoms with E-state index >= 15 is 0 Å². The van der Waals surface area contributed by atoms with Crippen LogP contribution in [0, 0.1) is 18.8 Å². The monoisotopic (exact) mass is 265 g/mol. The predicted octanol–water partition coefficient (Wildman–Crippen LogP) is 6.94. The lowest BCUT2D eigenvalue weighted by atomic mass is 10.0. The standard InChI is InChI=1S/C19H37/c1-3-5-7-9-10-11-12-14-16-19-17-18(19)15-13-8-6-4-2/h18-19H,1,3-17H2,2H3. The molecule has 0 heterocycles. The molecule has 1 fully saturated rings. The Labute approximate surface area is 122 Å². The summed E-state index contributed by atoms with van der Waals surface area (Å²) in [6, 6.07) is 0. The highest BCUT2D eigenvalue weighted by Crippen LogP contribution is 2.45. The molecule has 0 amide bonds. The molecular formula is C19H37. The third kappa shape index (κ3) is 9.52. The summed E-state index contributed by atoms with van der Waals surface area (Å²) in [4.78, 5) is 0. The number of rotatable bonds is 14. The Kier molecular flexibility index (Phi) is 10.6. The Morgan fingerprint density at radius 2 is 1.16 bits per heavy atom. The minimum absolute atomic E-state index is 1.13. The van der Waals surface area contributed by atoms with Crippen LogP contribution in [0.3, 0.4) is 0 Å². The smallest absolute Gasteiger partial charge is 0.0383 e. The largest absolute Gasteiger partial charge is 0.0654 e. The molecular weight excluding hydrogens is 228 g/mol. The van der Waals surface area contributed by atoms with Crippen molar-refractivity contribution in [3.8, 4) is 0 Å². The van der Waals surface area contributed by atoms with Gasteiger partial charge in [0, 0.05) is 0 Å². The van der Waals surface area contributed by atoms with Gasteiger partial charge in [-0.15, -0.1) is 0 Å². The maximum Gasteiger partial charge on any atom is -0.0383 e. The fourth-order valence-corrected chi connectivity index (χ4v) is 3.32. The fraction of sp³-hybridized carbons (Fsp3) is 0.947. The average molecular weight is 266 g/mol. The Balaban J connectivity index is 1.74. The summed E-state index contributed by atoms with van der Waals surface area (Å²) in [7, 11) is 0. The van der Waals surface area contributed by atoms with E-state index < -0.39 is 0 Å². The second-order valence-electron chi connectivity index (χ2n) is 6.72. The van der Waals surface area contributed by atoms with E-state index in [1.807, 2.05) is 0 Å². The summed E-state index contributed by atoms with van der Waals surface area (Å²) >= 11 is 0. The Morgan fingerprint density at radius 3 is 1.68 bits per heavy atom. The van der Waals surface area contributed by atoms with Crippen molar-refractivity contribution in [2.24, 2.45) is 11.8 Å². The quantitative estimate of drug-likeness (QED) is 0.298. The van der Waals surface area contributed by atoms with Crippen molar-refractivity contribution in [2.45, 2.75) is 103 Å². The van der Waals surface area contributed by atoms with Gasteiger partial charge in [-0.05, 0) is 18.3 Å². The molecule has 0 aliphatic heterocycles. The van der Waals surface area contributed by atoms with Crippen molar-refractivity contribution in [3.63, 3.8) is 0 Å². The first-order valence-corrected chi connectivity index (χ1v) is 9.17. The van der Waals surface area contributed by atoms with Crippen LogP contribution < -0.4 is 0 Å². The van der Waals surface area contributed by atoms with Gasteiger partial charge in [0.1, 0.15) is 0 Å². The van der Waals surface area contributed by atoms with E-state index in [9.17, 15) is 0 Å². The highest BCUT2D eigenvalue weighted by Gasteiger charge is 2.34. The van der Waals surface area contributed by atoms with E-state index in [1.165, 1.54) is 83.5 Å². The lowest BCUT2D eigenvalue weighted by Gasteiger charge is -2.02. The van der Waals surface area contributed by atoms with Gasteiger partial charge < -0.3 is 0 Å². The van der Waals surface area contributed by atoms with E-state index in [1.54, 1.807) is 6.42 Å². The van der Waals surface area contributed by atoms with Crippen LogP contribution in [-0.4, -0.2) is 0 Å². The average Bonchev–Trinajstić information content (AvgIpc) is 3.16. The van der Waals surface area contributed by atoms with Gasteiger partial charge in [0.2, 0.25) is 0 Å². The Hall–Kier alpha value is 0. The molecule has 0 heteroatoms. The van der Waals surface area contributed by atoms with Crippen molar-refractivity contribution in [2.75, 3.05) is 0 Å². The van der Waals surface area contributed by atoms with Gasteiger partial charge in [0.05, 0.1) is 0 Å². The molecule has 0 spiro atoms. The molecule has 1 radical (unpaired) electrons. The zero-order chi connectivity index (χ0) is 13.8. The van der Waals surface area contributed by atoms with Gasteiger partial charge in [-0.2, -0.15) is 0 Å². The summed E-state index contributed by atoms with van der Waals surface area (Å²) in [5.74, 6) is 2.27. The first-order chi connectivity index (χ1) is 9.38. The maximum atomic E-state index is 3.90. The number of unbranched alkanes of at least 4 members (excludes halogenated alkanes) is 10. The molecule has 1 rings (SSSR count). The van der Waals surface area contributed by atoms with E-state index in [4.69, 9.17) is 0 Å². The third-order valence-electron chi connectivity index (χ3n) is 4.82. The van der Waals surface area contributed by atoms with Crippen LogP contribution in [0.2, 0.25) is 0 Å². The summed E-state index contributed by atoms with van der Waals surface area (Å²) in [5.41, 5.74) is 0. The zero-order valence-electron chi connectivity index (χ0n) is 13.5. The summed E-state index contributed by atoms with van der Waals surface area (Å²) in [6.45, 7) is 6.20. The lowest BCUT2D eigenvalue weighted by Crippen LogP contribution is -1.86. The lowest BCUT2D eigenvalue weighted by molar-refractivity contribution is 0.517. The van der Waals surface area contributed by atoms with E-state index in [2.05, 4.69) is 13.8 Å². The minimum atomic E-state index is 1.13. The number of hydrogen-bond donors (Lipinski definition) is 0. The summed E-state index contributed by atoms with van der Waals surface area (Å²) in [5, 5.41) is 0. The first kappa shape index (κ1) is 17.1. The molecule has 2 atom stereocenters. The summed E-state index contributed by atoms with van der Waals surface area (Å²) in [6.07, 6.45) is 21.7. The molecule has 0 nitrogen and oxygen atoms in total. The van der Waals surface area contributed by atoms with Crippen LogP contribution in [0.1, 0.15) is 103 Å². The van der Waals surface area contributed by atoms with Crippen LogP contribution in [0.4, 0.5) is 0 Å². The number of hydrogen-bond acceptors (Lipinski definition) is 0. The van der Waals surface area contributed by atoms with Gasteiger partial charge >= 0.3 is 0 Å². The van der Waals surface area contributed by atoms with Crippen LogP contribution in [0.15, 0.2) is 0 Å². The molecule has 19 heavy (non-hydrogen) atoms. The van der Waals surface area contributed by atoms with Crippen LogP contribution in [-0.2, 0) is 0 Å². The van der Waals surface area contributed by atoms with E-state index in [-0.39, 0.29) is 0 Å². The Morgan fingerprint density at radius 1 is 0.684 bits per heavy atom. The highest BCUT2D eigenvalue weighted by atomic mass is 14.4. The van der Waals surface area contributed by atoms with Crippen LogP contribution in [0.25, 0.3) is 0 Å². The zero-order valence-corrected chi connectivity index (χ0v) is 13.5. The molecule has 0 bridgehead atoms. The summed E-state index contributed by atoms with van der Waals surface area (Å²) < 4.78 is 0. The van der Waals surface area contributed by atoms with Crippen molar-refractivity contribution < 1.29 is 0 Å². The second kappa shape index (κ2) is 11.8. The van der Waals surface area contributed by atoms with Gasteiger partial charge in [-0.3, -0.25) is 0 Å². The molecule has 0 aromatic rings. The molecule has 1 aliphatic rings. The normalized spacial score (nSPS) is 21.8. The van der Waals surface area contributed by atoms with Gasteiger partial charge in [0.15, 0.2) is 0 Å². The predicted molar refractivity (Wildman–Crippen MR) is 87.3 cm³/mol. The van der Waals surface area contributed by atoms with Crippen molar-refractivity contribution in [1.29, 1.82) is 0 Å². The Bertz CT molecular complexity index is 184. The molecule has 0 N–H and O–H groups in total. The molecule has 0 saturated heterocycles. The van der Waals surface area contributed by atoms with Crippen LogP contribution >= 0.6 is 0 Å². The third-order valence-corrected chi connectivity index (χ3v) is 4.82. The van der Waals surface area contributed by atoms with E-state index in [0.717, 1.165) is 18.3 Å². The van der Waals surface area contributed by atoms with E-state index in [0.29, 0.717) is 0 Å². The fourth-order valence-electron chi connectivity index (χ4n) is 3.32. The molecule has 2 unspecified atom stereocenters. The van der Waals surface area contributed by atoms with Gasteiger partial charge in [-0.1, -0.05) is 104 Å². The van der Waals surface area contributed by atoms with Crippen LogP contribution in [0.5, 0.6) is 0 Å². The molecule has 1 aliphatic carbocycles. The topological polar surface area (TPSA) is 0 Å². The molecule has 0 aromatic heterocycles. The maximum absolute atomic E-state index is 3.90. The molecule has 1 saturated carbocycles. The van der Waals surface area contributed by atoms with Gasteiger partial charge in [-0.25, -0.2) is 0 Å². The van der Waals surface area contributed by atoms with Crippen molar-refractivity contribution >= 4 is 0 Å². The molecule has 0 aromatic carbocycles. The van der Waals surface area contributed by atoms with Gasteiger partial charge in [0.25, 0.3) is 0 Å². The SMILES string of the molecule is [CH2]CCCCCCCCCC1CC1CCCCCC. The van der Waals surface area contributed by atoms with Crippen molar-refractivity contribution in [3.05, 3.63) is 6.92 Å². The minimum Gasteiger partial charge on any atom is -0.0654 e. The first-order valence-electron chi connectivity index (χ1n) is 9.17. The van der Waals surface area contributed by atoms with Crippen molar-refractivity contribution in [1.82, 2.24) is 0 Å². The molecule has 113 valence electrons. The second-order valence-corrected chi connectivity index (χ2v) is 6.72. The highest BCUT2D eigenvalue weighted by molar-refractivity contribution is 4.85.